The second-order valence-corrected chi connectivity index (χ2v) is 4.41. The van der Waals surface area contributed by atoms with Crippen LogP contribution in [0.5, 0.6) is 0 Å². The van der Waals surface area contributed by atoms with Gasteiger partial charge in [0.2, 0.25) is 0 Å². The van der Waals surface area contributed by atoms with Crippen LogP contribution in [-0.2, 0) is 17.8 Å². The lowest BCUT2D eigenvalue weighted by Gasteiger charge is -2.07. The van der Waals surface area contributed by atoms with E-state index in [9.17, 15) is 8.78 Å². The van der Waals surface area contributed by atoms with Gasteiger partial charge >= 0.3 is 0 Å². The largest absolute Gasteiger partial charge is 0.379 e. The molecule has 19 heavy (non-hydrogen) atoms. The Balaban J connectivity index is 0.00000324. The highest BCUT2D eigenvalue weighted by Gasteiger charge is 2.05. The number of nitrogens with zero attached hydrogens (tertiary/aromatic N) is 2. The van der Waals surface area contributed by atoms with Gasteiger partial charge in [-0.25, -0.2) is 8.78 Å². The number of hydrogen-bond acceptors (Lipinski definition) is 3. The maximum atomic E-state index is 12.1. The SMILES string of the molecule is CC(C)OCCCNCc1cnn(CC(F)F)c1.Cl. The van der Waals surface area contributed by atoms with Gasteiger partial charge in [-0.1, -0.05) is 0 Å². The molecule has 0 aromatic carbocycles. The predicted molar refractivity (Wildman–Crippen MR) is 72.9 cm³/mol. The van der Waals surface area contributed by atoms with Crippen molar-refractivity contribution in [1.29, 1.82) is 0 Å². The van der Waals surface area contributed by atoms with E-state index in [1.165, 1.54) is 4.68 Å². The zero-order chi connectivity index (χ0) is 13.4. The number of rotatable bonds is 9. The zero-order valence-corrected chi connectivity index (χ0v) is 12.1. The van der Waals surface area contributed by atoms with Crippen LogP contribution in [0.2, 0.25) is 0 Å². The van der Waals surface area contributed by atoms with Gasteiger partial charge in [-0.05, 0) is 26.8 Å². The number of ether oxygens (including phenoxy) is 1. The first kappa shape index (κ1) is 18.3. The summed E-state index contributed by atoms with van der Waals surface area (Å²) >= 11 is 0. The van der Waals surface area contributed by atoms with Crippen LogP contribution < -0.4 is 5.32 Å². The first-order chi connectivity index (χ1) is 8.58. The van der Waals surface area contributed by atoms with E-state index in [1.807, 2.05) is 13.8 Å². The molecule has 0 unspecified atom stereocenters. The molecule has 7 heteroatoms. The molecule has 0 saturated heterocycles. The van der Waals surface area contributed by atoms with E-state index in [-0.39, 0.29) is 25.1 Å². The van der Waals surface area contributed by atoms with Gasteiger partial charge in [-0.15, -0.1) is 12.4 Å². The average molecular weight is 298 g/mol. The van der Waals surface area contributed by atoms with E-state index in [1.54, 1.807) is 12.4 Å². The van der Waals surface area contributed by atoms with E-state index >= 15 is 0 Å². The molecule has 1 aromatic heterocycles. The van der Waals surface area contributed by atoms with Crippen molar-refractivity contribution in [2.75, 3.05) is 13.2 Å². The second kappa shape index (κ2) is 10.1. The fraction of sp³-hybridized carbons (Fsp3) is 0.750. The van der Waals surface area contributed by atoms with Gasteiger partial charge in [0.05, 0.1) is 12.3 Å². The number of halogens is 3. The smallest absolute Gasteiger partial charge is 0.257 e. The molecule has 0 atom stereocenters. The Kier molecular flexibility index (Phi) is 9.73. The molecule has 0 spiro atoms. The molecule has 1 N–H and O–H groups in total. The van der Waals surface area contributed by atoms with Gasteiger partial charge in [0.15, 0.2) is 0 Å². The molecule has 0 fully saturated rings. The molecular formula is C12H22ClF2N3O. The standard InChI is InChI=1S/C12H21F2N3O.ClH/c1-10(2)18-5-3-4-15-6-11-7-16-17(8-11)9-12(13)14;/h7-8,10,12,15H,3-6,9H2,1-2H3;1H. The highest BCUT2D eigenvalue weighted by molar-refractivity contribution is 5.85. The highest BCUT2D eigenvalue weighted by Crippen LogP contribution is 2.01. The van der Waals surface area contributed by atoms with Crippen LogP contribution in [0.25, 0.3) is 0 Å². The van der Waals surface area contributed by atoms with Crippen molar-refractivity contribution in [3.63, 3.8) is 0 Å². The lowest BCUT2D eigenvalue weighted by molar-refractivity contribution is 0.0770. The van der Waals surface area contributed by atoms with Crippen LogP contribution in [0.4, 0.5) is 8.78 Å². The molecule has 0 saturated carbocycles. The maximum Gasteiger partial charge on any atom is 0.257 e. The maximum absolute atomic E-state index is 12.1. The third-order valence-corrected chi connectivity index (χ3v) is 2.29. The Morgan fingerprint density at radius 3 is 2.79 bits per heavy atom. The monoisotopic (exact) mass is 297 g/mol. The summed E-state index contributed by atoms with van der Waals surface area (Å²) in [6.07, 6.45) is 2.09. The Bertz CT molecular complexity index is 335. The molecule has 112 valence electrons. The number of nitrogens with one attached hydrogen (secondary N) is 1. The molecular weight excluding hydrogens is 276 g/mol. The summed E-state index contributed by atoms with van der Waals surface area (Å²) < 4.78 is 30.9. The molecule has 0 bridgehead atoms. The van der Waals surface area contributed by atoms with Crippen LogP contribution in [-0.4, -0.2) is 35.5 Å². The Morgan fingerprint density at radius 2 is 2.16 bits per heavy atom. The predicted octanol–water partition coefficient (Wildman–Crippen LogP) is 2.47. The normalized spacial score (nSPS) is 11.1. The van der Waals surface area contributed by atoms with Gasteiger partial charge in [0.25, 0.3) is 6.43 Å². The number of hydrogen-bond donors (Lipinski definition) is 1. The van der Waals surface area contributed by atoms with Crippen molar-refractivity contribution in [3.05, 3.63) is 18.0 Å². The topological polar surface area (TPSA) is 39.1 Å². The molecule has 0 aliphatic carbocycles. The molecule has 1 heterocycles. The summed E-state index contributed by atoms with van der Waals surface area (Å²) in [6.45, 7) is 5.88. The Hall–Kier alpha value is -0.720. The molecule has 0 aliphatic rings. The van der Waals surface area contributed by atoms with Gasteiger partial charge < -0.3 is 10.1 Å². The third kappa shape index (κ3) is 8.91. The molecule has 1 rings (SSSR count). The van der Waals surface area contributed by atoms with Gasteiger partial charge in [0.1, 0.15) is 6.54 Å². The van der Waals surface area contributed by atoms with Gasteiger partial charge in [-0.2, -0.15) is 5.10 Å². The third-order valence-electron chi connectivity index (χ3n) is 2.29. The lowest BCUT2D eigenvalue weighted by atomic mass is 10.3. The van der Waals surface area contributed by atoms with Crippen LogP contribution in [0.15, 0.2) is 12.4 Å². The molecule has 4 nitrogen and oxygen atoms in total. The number of alkyl halides is 2. The summed E-state index contributed by atoms with van der Waals surface area (Å²) in [6, 6.07) is 0. The minimum atomic E-state index is -2.36. The summed E-state index contributed by atoms with van der Waals surface area (Å²) in [5.41, 5.74) is 0.917. The fourth-order valence-electron chi connectivity index (χ4n) is 1.49. The van der Waals surface area contributed by atoms with E-state index in [0.717, 1.165) is 25.1 Å². The average Bonchev–Trinajstić information content (AvgIpc) is 2.69. The van der Waals surface area contributed by atoms with Crippen LogP contribution >= 0.6 is 12.4 Å². The van der Waals surface area contributed by atoms with Crippen LogP contribution in [0, 0.1) is 0 Å². The second-order valence-electron chi connectivity index (χ2n) is 4.41. The van der Waals surface area contributed by atoms with E-state index in [4.69, 9.17) is 4.74 Å². The van der Waals surface area contributed by atoms with E-state index in [2.05, 4.69) is 10.4 Å². The van der Waals surface area contributed by atoms with Crippen LogP contribution in [0.3, 0.4) is 0 Å². The summed E-state index contributed by atoms with van der Waals surface area (Å²) in [7, 11) is 0. The first-order valence-corrected chi connectivity index (χ1v) is 6.19. The van der Waals surface area contributed by atoms with Crippen molar-refractivity contribution in [1.82, 2.24) is 15.1 Å². The molecule has 0 aliphatic heterocycles. The van der Waals surface area contributed by atoms with Gasteiger partial charge in [0, 0.05) is 24.9 Å². The van der Waals surface area contributed by atoms with Gasteiger partial charge in [-0.3, -0.25) is 4.68 Å². The van der Waals surface area contributed by atoms with Crippen molar-refractivity contribution < 1.29 is 13.5 Å². The van der Waals surface area contributed by atoms with E-state index in [0.29, 0.717) is 6.54 Å². The van der Waals surface area contributed by atoms with E-state index < -0.39 is 6.43 Å². The Morgan fingerprint density at radius 1 is 1.42 bits per heavy atom. The minimum absolute atomic E-state index is 0. The fourth-order valence-corrected chi connectivity index (χ4v) is 1.49. The first-order valence-electron chi connectivity index (χ1n) is 6.19. The summed E-state index contributed by atoms with van der Waals surface area (Å²) in [4.78, 5) is 0. The van der Waals surface area contributed by atoms with Crippen LogP contribution in [0.1, 0.15) is 25.8 Å². The summed E-state index contributed by atoms with van der Waals surface area (Å²) in [5, 5.41) is 7.09. The Labute approximate surface area is 118 Å². The lowest BCUT2D eigenvalue weighted by Crippen LogP contribution is -2.17. The summed E-state index contributed by atoms with van der Waals surface area (Å²) in [5.74, 6) is 0. The zero-order valence-electron chi connectivity index (χ0n) is 11.3. The van der Waals surface area contributed by atoms with Crippen molar-refractivity contribution in [2.45, 2.75) is 45.9 Å². The highest BCUT2D eigenvalue weighted by atomic mass is 35.5. The minimum Gasteiger partial charge on any atom is -0.379 e. The molecule has 1 aromatic rings. The van der Waals surface area contributed by atoms with Crippen molar-refractivity contribution in [2.24, 2.45) is 0 Å². The molecule has 0 amide bonds. The van der Waals surface area contributed by atoms with Crippen molar-refractivity contribution >= 4 is 12.4 Å². The quantitative estimate of drug-likeness (QED) is 0.712. The molecule has 0 radical (unpaired) electrons. The number of aromatic nitrogens is 2. The van der Waals surface area contributed by atoms with Crippen molar-refractivity contribution in [3.8, 4) is 0 Å².